The minimum absolute atomic E-state index is 0.0564. The molecule has 5 rings (SSSR count). The van der Waals surface area contributed by atoms with E-state index >= 15 is 0 Å². The first-order valence-electron chi connectivity index (χ1n) is 10.5. The largest absolute Gasteiger partial charge is 0.379 e. The van der Waals surface area contributed by atoms with Crippen LogP contribution in [0.1, 0.15) is 52.6 Å². The fourth-order valence-corrected chi connectivity index (χ4v) is 3.83. The summed E-state index contributed by atoms with van der Waals surface area (Å²) in [6.45, 7) is 3.97. The molecule has 3 aromatic rings. The van der Waals surface area contributed by atoms with Crippen molar-refractivity contribution in [3.63, 3.8) is 0 Å². The van der Waals surface area contributed by atoms with Gasteiger partial charge in [-0.3, -0.25) is 9.69 Å². The lowest BCUT2D eigenvalue weighted by molar-refractivity contribution is 0.0342. The second-order valence-corrected chi connectivity index (χ2v) is 8.02. The van der Waals surface area contributed by atoms with Gasteiger partial charge in [-0.15, -0.1) is 0 Å². The summed E-state index contributed by atoms with van der Waals surface area (Å²) in [5.74, 6) is -0.230. The highest BCUT2D eigenvalue weighted by atomic mass is 19.3. The summed E-state index contributed by atoms with van der Waals surface area (Å²) in [4.78, 5) is 19.5. The zero-order chi connectivity index (χ0) is 21.4. The summed E-state index contributed by atoms with van der Waals surface area (Å²) in [5.41, 5.74) is 2.44. The maximum Gasteiger partial charge on any atom is 0.280 e. The average molecular weight is 427 g/mol. The van der Waals surface area contributed by atoms with E-state index in [1.807, 2.05) is 18.2 Å². The van der Waals surface area contributed by atoms with Crippen molar-refractivity contribution in [3.8, 4) is 0 Å². The molecule has 0 unspecified atom stereocenters. The van der Waals surface area contributed by atoms with E-state index in [9.17, 15) is 13.6 Å². The summed E-state index contributed by atoms with van der Waals surface area (Å²) >= 11 is 0. The first kappa shape index (κ1) is 20.0. The van der Waals surface area contributed by atoms with Crippen LogP contribution < -0.4 is 5.32 Å². The van der Waals surface area contributed by atoms with Gasteiger partial charge < -0.3 is 10.1 Å². The molecule has 1 N–H and O–H groups in total. The Hall–Kier alpha value is -2.91. The van der Waals surface area contributed by atoms with Crippen LogP contribution in [-0.4, -0.2) is 51.7 Å². The number of carbonyl (C=O) groups excluding carboxylic acids is 1. The Balaban J connectivity index is 1.35. The predicted molar refractivity (Wildman–Crippen MR) is 110 cm³/mol. The number of hydrogen-bond donors (Lipinski definition) is 1. The lowest BCUT2D eigenvalue weighted by Gasteiger charge is -2.26. The minimum Gasteiger partial charge on any atom is -0.379 e. The zero-order valence-corrected chi connectivity index (χ0v) is 16.9. The molecular weight excluding hydrogens is 404 g/mol. The third kappa shape index (κ3) is 4.42. The quantitative estimate of drug-likeness (QED) is 0.651. The number of ether oxygens (including phenoxy) is 1. The Labute approximate surface area is 178 Å². The first-order valence-corrected chi connectivity index (χ1v) is 10.5. The second-order valence-electron chi connectivity index (χ2n) is 8.02. The Kier molecular flexibility index (Phi) is 5.37. The van der Waals surface area contributed by atoms with Gasteiger partial charge in [-0.1, -0.05) is 12.1 Å². The highest BCUT2D eigenvalue weighted by Crippen LogP contribution is 2.40. The molecule has 1 aliphatic carbocycles. The fraction of sp³-hybridized carbons (Fsp3) is 0.409. The molecule has 2 aliphatic rings. The molecule has 0 atom stereocenters. The molecule has 7 nitrogen and oxygen atoms in total. The van der Waals surface area contributed by atoms with Crippen LogP contribution in [0.4, 0.5) is 14.5 Å². The van der Waals surface area contributed by atoms with Crippen molar-refractivity contribution in [1.82, 2.24) is 19.5 Å². The van der Waals surface area contributed by atoms with Gasteiger partial charge >= 0.3 is 0 Å². The molecule has 2 aromatic heterocycles. The Morgan fingerprint density at radius 3 is 2.74 bits per heavy atom. The number of fused-ring (bicyclic) bond motifs is 1. The van der Waals surface area contributed by atoms with Crippen LogP contribution in [-0.2, 0) is 11.3 Å². The lowest BCUT2D eigenvalue weighted by Crippen LogP contribution is -2.35. The number of carbonyl (C=O) groups is 1. The van der Waals surface area contributed by atoms with Gasteiger partial charge in [-0.25, -0.2) is 18.3 Å². The van der Waals surface area contributed by atoms with Gasteiger partial charge in [0.25, 0.3) is 12.3 Å². The number of alkyl halides is 2. The monoisotopic (exact) mass is 427 g/mol. The Morgan fingerprint density at radius 1 is 1.19 bits per heavy atom. The number of hydrogen-bond acceptors (Lipinski definition) is 5. The van der Waals surface area contributed by atoms with E-state index in [1.54, 1.807) is 6.07 Å². The minimum atomic E-state index is -2.70. The van der Waals surface area contributed by atoms with Gasteiger partial charge in [0.15, 0.2) is 11.3 Å². The first-order chi connectivity index (χ1) is 15.1. The van der Waals surface area contributed by atoms with Crippen LogP contribution in [0.15, 0.2) is 36.4 Å². The number of morpholine rings is 1. The molecule has 2 fully saturated rings. The van der Waals surface area contributed by atoms with Crippen molar-refractivity contribution in [1.29, 1.82) is 0 Å². The molecule has 1 amide bonds. The number of halogens is 2. The Bertz CT molecular complexity index is 1110. The standard InChI is InChI=1S/C22H23F2N5O2/c23-21(24)19-11-17(15-4-5-15)26-20-12-18(27-29(19)20)22(30)25-16-3-1-2-14(10-16)13-28-6-8-31-9-7-28/h1-3,10-12,15,21H,4-9,13H2,(H,25,30). The summed E-state index contributed by atoms with van der Waals surface area (Å²) in [5, 5.41) is 6.93. The normalized spacial score (nSPS) is 17.4. The van der Waals surface area contributed by atoms with Gasteiger partial charge in [0.2, 0.25) is 0 Å². The molecule has 1 saturated heterocycles. The topological polar surface area (TPSA) is 71.8 Å². The number of aromatic nitrogens is 3. The van der Waals surface area contributed by atoms with Crippen LogP contribution in [0.2, 0.25) is 0 Å². The summed E-state index contributed by atoms with van der Waals surface area (Å²) < 4.78 is 33.6. The summed E-state index contributed by atoms with van der Waals surface area (Å²) in [7, 11) is 0. The van der Waals surface area contributed by atoms with Gasteiger partial charge in [0.05, 0.1) is 13.2 Å². The van der Waals surface area contributed by atoms with Gasteiger partial charge in [0.1, 0.15) is 5.69 Å². The fourth-order valence-electron chi connectivity index (χ4n) is 3.83. The number of nitrogens with zero attached hydrogens (tertiary/aromatic N) is 4. The van der Waals surface area contributed by atoms with Crippen molar-refractivity contribution >= 4 is 17.2 Å². The highest BCUT2D eigenvalue weighted by molar-refractivity contribution is 6.03. The average Bonchev–Trinajstić information content (AvgIpc) is 3.52. The number of nitrogens with one attached hydrogen (secondary N) is 1. The zero-order valence-electron chi connectivity index (χ0n) is 16.9. The molecule has 1 aliphatic heterocycles. The van der Waals surface area contributed by atoms with Crippen LogP contribution in [0.5, 0.6) is 0 Å². The molecule has 1 saturated carbocycles. The molecule has 0 spiro atoms. The van der Waals surface area contributed by atoms with Crippen molar-refractivity contribution in [3.05, 3.63) is 59.0 Å². The molecule has 162 valence electrons. The third-order valence-corrected chi connectivity index (χ3v) is 5.62. The highest BCUT2D eigenvalue weighted by Gasteiger charge is 2.28. The molecule has 3 heterocycles. The third-order valence-electron chi connectivity index (χ3n) is 5.62. The summed E-state index contributed by atoms with van der Waals surface area (Å²) in [6.07, 6.45) is -0.793. The number of anilines is 1. The molecule has 9 heteroatoms. The molecule has 31 heavy (non-hydrogen) atoms. The number of rotatable bonds is 6. The maximum atomic E-state index is 13.6. The van der Waals surface area contributed by atoms with E-state index < -0.39 is 12.3 Å². The van der Waals surface area contributed by atoms with Gasteiger partial charge in [-0.05, 0) is 36.6 Å². The van der Waals surface area contributed by atoms with Crippen molar-refractivity contribution in [2.24, 2.45) is 0 Å². The number of benzene rings is 1. The smallest absolute Gasteiger partial charge is 0.280 e. The van der Waals surface area contributed by atoms with Crippen molar-refractivity contribution in [2.45, 2.75) is 31.7 Å². The van der Waals surface area contributed by atoms with Crippen molar-refractivity contribution in [2.75, 3.05) is 31.6 Å². The van der Waals surface area contributed by atoms with E-state index in [0.29, 0.717) is 11.4 Å². The second kappa shape index (κ2) is 8.32. The van der Waals surface area contributed by atoms with Crippen LogP contribution >= 0.6 is 0 Å². The SMILES string of the molecule is O=C(Nc1cccc(CN2CCOCC2)c1)c1cc2nc(C3CC3)cc(C(F)F)n2n1. The van der Waals surface area contributed by atoms with E-state index in [-0.39, 0.29) is 23.0 Å². The lowest BCUT2D eigenvalue weighted by atomic mass is 10.1. The van der Waals surface area contributed by atoms with Gasteiger partial charge in [0, 0.05) is 43.0 Å². The number of amides is 1. The van der Waals surface area contributed by atoms with E-state index in [2.05, 4.69) is 20.3 Å². The van der Waals surface area contributed by atoms with Crippen LogP contribution in [0.25, 0.3) is 5.65 Å². The van der Waals surface area contributed by atoms with Gasteiger partial charge in [-0.2, -0.15) is 5.10 Å². The van der Waals surface area contributed by atoms with Crippen LogP contribution in [0, 0.1) is 0 Å². The van der Waals surface area contributed by atoms with Crippen LogP contribution in [0.3, 0.4) is 0 Å². The molecule has 1 aromatic carbocycles. The predicted octanol–water partition coefficient (Wildman–Crippen LogP) is 3.63. The summed E-state index contributed by atoms with van der Waals surface area (Å²) in [6, 6.07) is 10.5. The van der Waals surface area contributed by atoms with E-state index in [0.717, 1.165) is 55.8 Å². The molecular formula is C22H23F2N5O2. The van der Waals surface area contributed by atoms with E-state index in [4.69, 9.17) is 4.74 Å². The Morgan fingerprint density at radius 2 is 2.00 bits per heavy atom. The van der Waals surface area contributed by atoms with Crippen molar-refractivity contribution < 1.29 is 18.3 Å². The molecule has 0 radical (unpaired) electrons. The maximum absolute atomic E-state index is 13.6. The molecule has 0 bridgehead atoms. The van der Waals surface area contributed by atoms with E-state index in [1.165, 1.54) is 12.1 Å².